The van der Waals surface area contributed by atoms with Gasteiger partial charge in [0.05, 0.1) is 6.54 Å². The second kappa shape index (κ2) is 6.47. The summed E-state index contributed by atoms with van der Waals surface area (Å²) in [6.45, 7) is 8.52. The maximum absolute atomic E-state index is 11.4. The van der Waals surface area contributed by atoms with E-state index in [1.807, 2.05) is 0 Å². The van der Waals surface area contributed by atoms with Crippen molar-refractivity contribution in [3.63, 3.8) is 0 Å². The maximum atomic E-state index is 11.4. The fraction of sp³-hybridized carbons (Fsp3) is 0.750. The summed E-state index contributed by atoms with van der Waals surface area (Å²) in [6.07, 6.45) is 1.22. The third-order valence-electron chi connectivity index (χ3n) is 1.87. The Morgan fingerprint density at radius 2 is 2.07 bits per heavy atom. The summed E-state index contributed by atoms with van der Waals surface area (Å²) in [6, 6.07) is -0.0698. The number of hydrogen-bond donors (Lipinski definition) is 2. The normalized spacial score (nSPS) is 12.6. The summed E-state index contributed by atoms with van der Waals surface area (Å²) < 4.78 is 0. The van der Waals surface area contributed by atoms with Crippen LogP contribution in [0.3, 0.4) is 0 Å². The Bertz CT molecular complexity index is 255. The molecule has 0 aliphatic rings. The molecule has 0 saturated heterocycles. The minimum atomic E-state index is -0.0698. The fourth-order valence-corrected chi connectivity index (χ4v) is 1.40. The highest BCUT2D eigenvalue weighted by Crippen LogP contribution is 2.20. The Kier molecular flexibility index (Phi) is 6.03. The van der Waals surface area contributed by atoms with E-state index in [2.05, 4.69) is 37.9 Å². The summed E-state index contributed by atoms with van der Waals surface area (Å²) in [5, 5.41) is 2.71. The molecule has 0 fully saturated rings. The minimum absolute atomic E-state index is 0.0190. The molecule has 3 heteroatoms. The molecule has 0 radical (unpaired) electrons. The highest BCUT2D eigenvalue weighted by Gasteiger charge is 2.17. The highest BCUT2D eigenvalue weighted by atomic mass is 16.1. The lowest BCUT2D eigenvalue weighted by Crippen LogP contribution is -2.34. The van der Waals surface area contributed by atoms with Crippen LogP contribution < -0.4 is 11.1 Å². The van der Waals surface area contributed by atoms with Crippen LogP contribution in [0, 0.1) is 17.3 Å². The average Bonchev–Trinajstić information content (AvgIpc) is 2.00. The van der Waals surface area contributed by atoms with Gasteiger partial charge in [0, 0.05) is 12.5 Å². The van der Waals surface area contributed by atoms with Crippen LogP contribution in [-0.4, -0.2) is 18.5 Å². The Labute approximate surface area is 92.8 Å². The molecular formula is C12H22N2O. The Morgan fingerprint density at radius 1 is 1.47 bits per heavy atom. The average molecular weight is 210 g/mol. The van der Waals surface area contributed by atoms with Crippen LogP contribution in [0.5, 0.6) is 0 Å². The van der Waals surface area contributed by atoms with Crippen LogP contribution >= 0.6 is 0 Å². The molecule has 3 N–H and O–H groups in total. The molecule has 1 unspecified atom stereocenters. The van der Waals surface area contributed by atoms with Gasteiger partial charge in [-0.05, 0) is 18.8 Å². The van der Waals surface area contributed by atoms with E-state index >= 15 is 0 Å². The van der Waals surface area contributed by atoms with Gasteiger partial charge in [-0.1, -0.05) is 26.7 Å². The van der Waals surface area contributed by atoms with Crippen LogP contribution in [0.4, 0.5) is 0 Å². The molecular weight excluding hydrogens is 188 g/mol. The first-order chi connectivity index (χ1) is 6.85. The SMILES string of the molecule is CC#CCNC(=O)CC(N)CC(C)(C)C. The quantitative estimate of drug-likeness (QED) is 0.687. The van der Waals surface area contributed by atoms with Gasteiger partial charge >= 0.3 is 0 Å². The van der Waals surface area contributed by atoms with Crippen LogP contribution in [0.1, 0.15) is 40.5 Å². The Balaban J connectivity index is 3.80. The van der Waals surface area contributed by atoms with E-state index in [0.29, 0.717) is 13.0 Å². The van der Waals surface area contributed by atoms with E-state index in [0.717, 1.165) is 6.42 Å². The molecule has 0 aromatic carbocycles. The maximum Gasteiger partial charge on any atom is 0.222 e. The van der Waals surface area contributed by atoms with Crippen molar-refractivity contribution in [2.45, 2.75) is 46.6 Å². The monoisotopic (exact) mass is 210 g/mol. The van der Waals surface area contributed by atoms with E-state index in [9.17, 15) is 4.79 Å². The number of carbonyl (C=O) groups excluding carboxylic acids is 1. The number of nitrogens with one attached hydrogen (secondary N) is 1. The summed E-state index contributed by atoms with van der Waals surface area (Å²) in [4.78, 5) is 11.4. The highest BCUT2D eigenvalue weighted by molar-refractivity contribution is 5.76. The molecule has 3 nitrogen and oxygen atoms in total. The van der Waals surface area contributed by atoms with Crippen molar-refractivity contribution in [3.8, 4) is 11.8 Å². The Morgan fingerprint density at radius 3 is 2.53 bits per heavy atom. The van der Waals surface area contributed by atoms with E-state index in [1.165, 1.54) is 0 Å². The lowest BCUT2D eigenvalue weighted by molar-refractivity contribution is -0.121. The fourth-order valence-electron chi connectivity index (χ4n) is 1.40. The minimum Gasteiger partial charge on any atom is -0.345 e. The summed E-state index contributed by atoms with van der Waals surface area (Å²) in [7, 11) is 0. The molecule has 0 aromatic rings. The molecule has 0 aliphatic carbocycles. The molecule has 0 aromatic heterocycles. The molecule has 0 heterocycles. The predicted octanol–water partition coefficient (Wildman–Crippen LogP) is 1.28. The van der Waals surface area contributed by atoms with Gasteiger partial charge in [-0.25, -0.2) is 0 Å². The molecule has 1 atom stereocenters. The van der Waals surface area contributed by atoms with E-state index < -0.39 is 0 Å². The predicted molar refractivity (Wildman–Crippen MR) is 63.1 cm³/mol. The number of carbonyl (C=O) groups is 1. The zero-order chi connectivity index (χ0) is 11.9. The van der Waals surface area contributed by atoms with Crippen molar-refractivity contribution >= 4 is 5.91 Å². The van der Waals surface area contributed by atoms with Gasteiger partial charge in [-0.3, -0.25) is 4.79 Å². The van der Waals surface area contributed by atoms with Gasteiger partial charge in [-0.15, -0.1) is 5.92 Å². The molecule has 0 aliphatic heterocycles. The summed E-state index contributed by atoms with van der Waals surface area (Å²) in [5.74, 6) is 5.48. The molecule has 86 valence electrons. The van der Waals surface area contributed by atoms with Crippen molar-refractivity contribution < 1.29 is 4.79 Å². The summed E-state index contributed by atoms with van der Waals surface area (Å²) >= 11 is 0. The van der Waals surface area contributed by atoms with Crippen molar-refractivity contribution in [3.05, 3.63) is 0 Å². The summed E-state index contributed by atoms with van der Waals surface area (Å²) in [5.41, 5.74) is 6.04. The van der Waals surface area contributed by atoms with Crippen LogP contribution in [0.15, 0.2) is 0 Å². The van der Waals surface area contributed by atoms with E-state index in [-0.39, 0.29) is 17.4 Å². The van der Waals surface area contributed by atoms with E-state index in [4.69, 9.17) is 5.73 Å². The van der Waals surface area contributed by atoms with Gasteiger partial charge in [0.1, 0.15) is 0 Å². The lowest BCUT2D eigenvalue weighted by atomic mass is 9.87. The third kappa shape index (κ3) is 9.30. The standard InChI is InChI=1S/C12H22N2O/c1-5-6-7-14-11(15)8-10(13)9-12(2,3)4/h10H,7-9,13H2,1-4H3,(H,14,15). The van der Waals surface area contributed by atoms with Crippen molar-refractivity contribution in [2.24, 2.45) is 11.1 Å². The zero-order valence-electron chi connectivity index (χ0n) is 10.2. The second-order valence-corrected chi connectivity index (χ2v) is 4.93. The largest absolute Gasteiger partial charge is 0.345 e. The van der Waals surface area contributed by atoms with Crippen molar-refractivity contribution in [1.29, 1.82) is 0 Å². The molecule has 1 amide bonds. The molecule has 0 spiro atoms. The third-order valence-corrected chi connectivity index (χ3v) is 1.87. The van der Waals surface area contributed by atoms with Crippen LogP contribution in [-0.2, 0) is 4.79 Å². The zero-order valence-corrected chi connectivity index (χ0v) is 10.2. The van der Waals surface area contributed by atoms with Crippen molar-refractivity contribution in [2.75, 3.05) is 6.54 Å². The smallest absolute Gasteiger partial charge is 0.222 e. The number of rotatable bonds is 4. The first-order valence-electron chi connectivity index (χ1n) is 5.27. The van der Waals surface area contributed by atoms with Crippen LogP contribution in [0.25, 0.3) is 0 Å². The number of hydrogen-bond acceptors (Lipinski definition) is 2. The number of amides is 1. The second-order valence-electron chi connectivity index (χ2n) is 4.93. The van der Waals surface area contributed by atoms with Gasteiger partial charge in [-0.2, -0.15) is 0 Å². The lowest BCUT2D eigenvalue weighted by Gasteiger charge is -2.22. The van der Waals surface area contributed by atoms with E-state index in [1.54, 1.807) is 6.92 Å². The van der Waals surface area contributed by atoms with Gasteiger partial charge in [0.25, 0.3) is 0 Å². The van der Waals surface area contributed by atoms with Gasteiger partial charge in [0.15, 0.2) is 0 Å². The Hall–Kier alpha value is -1.01. The molecule has 0 rings (SSSR count). The molecule has 0 saturated carbocycles. The van der Waals surface area contributed by atoms with Crippen molar-refractivity contribution in [1.82, 2.24) is 5.32 Å². The van der Waals surface area contributed by atoms with Gasteiger partial charge in [0.2, 0.25) is 5.91 Å². The molecule has 15 heavy (non-hydrogen) atoms. The first-order valence-corrected chi connectivity index (χ1v) is 5.27. The topological polar surface area (TPSA) is 55.1 Å². The van der Waals surface area contributed by atoms with Crippen LogP contribution in [0.2, 0.25) is 0 Å². The number of nitrogens with two attached hydrogens (primary N) is 1. The van der Waals surface area contributed by atoms with Gasteiger partial charge < -0.3 is 11.1 Å². The molecule has 0 bridgehead atoms. The first kappa shape index (κ1) is 14.0.